The van der Waals surface area contributed by atoms with Gasteiger partial charge in [-0.3, -0.25) is 9.59 Å². The summed E-state index contributed by atoms with van der Waals surface area (Å²) < 4.78 is 7.60. The molecule has 1 atom stereocenters. The van der Waals surface area contributed by atoms with E-state index in [9.17, 15) is 9.59 Å². The number of hydrogen-bond acceptors (Lipinski definition) is 5. The van der Waals surface area contributed by atoms with Gasteiger partial charge in [0, 0.05) is 45.6 Å². The third-order valence-electron chi connectivity index (χ3n) is 5.12. The highest BCUT2D eigenvalue weighted by atomic mass is 16.5. The van der Waals surface area contributed by atoms with E-state index in [1.807, 2.05) is 9.80 Å². The van der Waals surface area contributed by atoms with Crippen molar-refractivity contribution in [1.29, 1.82) is 0 Å². The first-order chi connectivity index (χ1) is 11.7. The Morgan fingerprint density at radius 2 is 2.04 bits per heavy atom. The Morgan fingerprint density at radius 3 is 2.79 bits per heavy atom. The minimum absolute atomic E-state index is 0.0995. The maximum Gasteiger partial charge on any atom is 0.251 e. The van der Waals surface area contributed by atoms with Gasteiger partial charge in [-0.05, 0) is 19.3 Å². The molecule has 2 saturated heterocycles. The van der Waals surface area contributed by atoms with Crippen LogP contribution in [0.5, 0.6) is 0 Å². The van der Waals surface area contributed by atoms with E-state index in [1.54, 1.807) is 0 Å². The van der Waals surface area contributed by atoms with E-state index >= 15 is 0 Å². The highest BCUT2D eigenvalue weighted by Gasteiger charge is 2.30. The van der Waals surface area contributed by atoms with Crippen LogP contribution in [0.1, 0.15) is 37.3 Å². The number of hydrogen-bond donors (Lipinski definition) is 0. The molecule has 0 aliphatic carbocycles. The number of fused-ring (bicyclic) bond motifs is 1. The van der Waals surface area contributed by atoms with Gasteiger partial charge in [-0.15, -0.1) is 10.2 Å². The van der Waals surface area contributed by atoms with Crippen molar-refractivity contribution in [3.63, 3.8) is 0 Å². The SMILES string of the molecule is O=C1CCCN1Cc1nnc2n1CCN(C(=O)C1CCCO1)CC2. The third kappa shape index (κ3) is 2.90. The number of aromatic nitrogens is 3. The van der Waals surface area contributed by atoms with E-state index in [1.165, 1.54) is 0 Å². The number of ether oxygens (including phenoxy) is 1. The Morgan fingerprint density at radius 1 is 1.12 bits per heavy atom. The Labute approximate surface area is 140 Å². The van der Waals surface area contributed by atoms with E-state index < -0.39 is 0 Å². The second-order valence-electron chi connectivity index (χ2n) is 6.68. The van der Waals surface area contributed by atoms with Crippen molar-refractivity contribution in [2.75, 3.05) is 26.2 Å². The average Bonchev–Trinajstić information content (AvgIpc) is 3.29. The van der Waals surface area contributed by atoms with Gasteiger partial charge in [-0.25, -0.2) is 0 Å². The quantitative estimate of drug-likeness (QED) is 0.776. The standard InChI is InChI=1S/C16H23N5O3/c22-15-4-1-6-20(15)11-14-18-17-13-5-7-19(8-9-21(13)14)16(23)12-3-2-10-24-12/h12H,1-11H2. The Kier molecular flexibility index (Phi) is 4.22. The molecule has 130 valence electrons. The van der Waals surface area contributed by atoms with Crippen molar-refractivity contribution < 1.29 is 14.3 Å². The van der Waals surface area contributed by atoms with E-state index in [0.29, 0.717) is 45.6 Å². The minimum Gasteiger partial charge on any atom is -0.368 e. The van der Waals surface area contributed by atoms with Gasteiger partial charge in [-0.1, -0.05) is 0 Å². The first-order valence-electron chi connectivity index (χ1n) is 8.81. The largest absolute Gasteiger partial charge is 0.368 e. The van der Waals surface area contributed by atoms with Crippen LogP contribution in [0.2, 0.25) is 0 Å². The molecule has 1 aromatic rings. The van der Waals surface area contributed by atoms with Gasteiger partial charge in [0.05, 0.1) is 6.54 Å². The summed E-state index contributed by atoms with van der Waals surface area (Å²) >= 11 is 0. The van der Waals surface area contributed by atoms with E-state index in [0.717, 1.165) is 37.5 Å². The summed E-state index contributed by atoms with van der Waals surface area (Å²) in [6.07, 6.45) is 3.76. The molecule has 4 rings (SSSR count). The second-order valence-corrected chi connectivity index (χ2v) is 6.68. The molecule has 0 saturated carbocycles. The van der Waals surface area contributed by atoms with Crippen molar-refractivity contribution >= 4 is 11.8 Å². The molecule has 0 spiro atoms. The number of nitrogens with zero attached hydrogens (tertiary/aromatic N) is 5. The monoisotopic (exact) mass is 333 g/mol. The van der Waals surface area contributed by atoms with Gasteiger partial charge < -0.3 is 19.1 Å². The van der Waals surface area contributed by atoms with Crippen LogP contribution in [0, 0.1) is 0 Å². The predicted octanol–water partition coefficient (Wildman–Crippen LogP) is -0.0358. The first kappa shape index (κ1) is 15.6. The van der Waals surface area contributed by atoms with Gasteiger partial charge in [0.15, 0.2) is 5.82 Å². The molecule has 8 heteroatoms. The number of amides is 2. The van der Waals surface area contributed by atoms with Crippen LogP contribution in [0.3, 0.4) is 0 Å². The Hall–Kier alpha value is -1.96. The van der Waals surface area contributed by atoms with Gasteiger partial charge in [0.1, 0.15) is 11.9 Å². The zero-order chi connectivity index (χ0) is 16.5. The van der Waals surface area contributed by atoms with Crippen LogP contribution in [0.25, 0.3) is 0 Å². The predicted molar refractivity (Wildman–Crippen MR) is 83.9 cm³/mol. The number of carbonyl (C=O) groups is 2. The zero-order valence-electron chi connectivity index (χ0n) is 13.8. The molecule has 8 nitrogen and oxygen atoms in total. The third-order valence-corrected chi connectivity index (χ3v) is 5.12. The van der Waals surface area contributed by atoms with Gasteiger partial charge in [0.2, 0.25) is 5.91 Å². The van der Waals surface area contributed by atoms with E-state index in [2.05, 4.69) is 14.8 Å². The molecular formula is C16H23N5O3. The number of likely N-dealkylation sites (tertiary alicyclic amines) is 1. The Bertz CT molecular complexity index is 638. The molecule has 3 aliphatic heterocycles. The fourth-order valence-corrected chi connectivity index (χ4v) is 3.74. The van der Waals surface area contributed by atoms with Gasteiger partial charge in [-0.2, -0.15) is 0 Å². The minimum atomic E-state index is -0.268. The molecule has 24 heavy (non-hydrogen) atoms. The van der Waals surface area contributed by atoms with Crippen molar-refractivity contribution in [3.8, 4) is 0 Å². The Balaban J connectivity index is 1.43. The van der Waals surface area contributed by atoms with Gasteiger partial charge in [0.25, 0.3) is 5.91 Å². The summed E-state index contributed by atoms with van der Waals surface area (Å²) in [5.41, 5.74) is 0. The van der Waals surface area contributed by atoms with Crippen LogP contribution in [0.15, 0.2) is 0 Å². The highest BCUT2D eigenvalue weighted by Crippen LogP contribution is 2.18. The second kappa shape index (κ2) is 6.51. The lowest BCUT2D eigenvalue weighted by molar-refractivity contribution is -0.140. The summed E-state index contributed by atoms with van der Waals surface area (Å²) in [4.78, 5) is 28.1. The molecule has 1 aromatic heterocycles. The molecule has 2 amide bonds. The molecule has 0 radical (unpaired) electrons. The normalized spacial score (nSPS) is 24.3. The van der Waals surface area contributed by atoms with Crippen molar-refractivity contribution in [1.82, 2.24) is 24.6 Å². The van der Waals surface area contributed by atoms with Crippen molar-refractivity contribution in [3.05, 3.63) is 11.6 Å². The molecule has 0 N–H and O–H groups in total. The van der Waals surface area contributed by atoms with Crippen molar-refractivity contribution in [2.24, 2.45) is 0 Å². The van der Waals surface area contributed by atoms with Crippen LogP contribution < -0.4 is 0 Å². The highest BCUT2D eigenvalue weighted by molar-refractivity contribution is 5.81. The fraction of sp³-hybridized carbons (Fsp3) is 0.750. The number of rotatable bonds is 3. The van der Waals surface area contributed by atoms with E-state index in [-0.39, 0.29) is 17.9 Å². The maximum atomic E-state index is 12.5. The molecule has 1 unspecified atom stereocenters. The smallest absolute Gasteiger partial charge is 0.251 e. The van der Waals surface area contributed by atoms with Crippen LogP contribution in [-0.2, 0) is 33.8 Å². The summed E-state index contributed by atoms with van der Waals surface area (Å²) in [6.45, 7) is 3.97. The molecular weight excluding hydrogens is 310 g/mol. The lowest BCUT2D eigenvalue weighted by Gasteiger charge is -2.23. The maximum absolute atomic E-state index is 12.5. The lowest BCUT2D eigenvalue weighted by atomic mass is 10.2. The van der Waals surface area contributed by atoms with Crippen LogP contribution in [-0.4, -0.2) is 68.7 Å². The molecule has 0 bridgehead atoms. The molecule has 0 aromatic carbocycles. The summed E-state index contributed by atoms with van der Waals surface area (Å²) in [5.74, 6) is 2.02. The summed E-state index contributed by atoms with van der Waals surface area (Å²) in [6, 6.07) is 0. The average molecular weight is 333 g/mol. The molecule has 3 aliphatic rings. The van der Waals surface area contributed by atoms with E-state index in [4.69, 9.17) is 4.74 Å². The van der Waals surface area contributed by atoms with Crippen LogP contribution in [0.4, 0.5) is 0 Å². The van der Waals surface area contributed by atoms with Crippen LogP contribution >= 0.6 is 0 Å². The number of carbonyl (C=O) groups excluding carboxylic acids is 2. The van der Waals surface area contributed by atoms with Gasteiger partial charge >= 0.3 is 0 Å². The fourth-order valence-electron chi connectivity index (χ4n) is 3.74. The molecule has 4 heterocycles. The topological polar surface area (TPSA) is 80.6 Å². The van der Waals surface area contributed by atoms with Crippen molar-refractivity contribution in [2.45, 2.75) is 51.3 Å². The zero-order valence-corrected chi connectivity index (χ0v) is 13.8. The lowest BCUT2D eigenvalue weighted by Crippen LogP contribution is -2.40. The summed E-state index contributed by atoms with van der Waals surface area (Å²) in [7, 11) is 0. The summed E-state index contributed by atoms with van der Waals surface area (Å²) in [5, 5.41) is 8.56. The molecule has 2 fully saturated rings. The first-order valence-corrected chi connectivity index (χ1v) is 8.81.